The molecule has 0 radical (unpaired) electrons. The van der Waals surface area contributed by atoms with Crippen LogP contribution in [0.25, 0.3) is 11.1 Å². The Morgan fingerprint density at radius 1 is 1.05 bits per heavy atom. The minimum atomic E-state index is 0.678. The van der Waals surface area contributed by atoms with Crippen LogP contribution in [-0.4, -0.2) is 42.4 Å². The molecule has 7 heteroatoms. The Hall–Kier alpha value is -2.28. The SMILES string of the molecule is COc1ccc(-c2cnc(SC3=NCCN3)nc2)cc1OC. The fourth-order valence-corrected chi connectivity index (χ4v) is 2.78. The minimum Gasteiger partial charge on any atom is -0.493 e. The van der Waals surface area contributed by atoms with Gasteiger partial charge < -0.3 is 14.8 Å². The molecule has 6 nitrogen and oxygen atoms in total. The Morgan fingerprint density at radius 2 is 1.82 bits per heavy atom. The van der Waals surface area contributed by atoms with Crippen molar-refractivity contribution in [2.24, 2.45) is 4.99 Å². The van der Waals surface area contributed by atoms with E-state index in [0.29, 0.717) is 16.7 Å². The number of aromatic nitrogens is 2. The molecule has 1 aromatic carbocycles. The standard InChI is InChI=1S/C15H16N4O2S/c1-20-12-4-3-10(7-13(12)21-2)11-8-18-15(19-9-11)22-14-16-5-6-17-14/h3-4,7-9H,5-6H2,1-2H3,(H,16,17). The topological polar surface area (TPSA) is 68.6 Å². The molecule has 2 aromatic rings. The van der Waals surface area contributed by atoms with Gasteiger partial charge in [-0.3, -0.25) is 4.99 Å². The first-order valence-electron chi connectivity index (χ1n) is 6.81. The largest absolute Gasteiger partial charge is 0.493 e. The Kier molecular flexibility index (Phi) is 4.43. The summed E-state index contributed by atoms with van der Waals surface area (Å²) in [6, 6.07) is 5.73. The van der Waals surface area contributed by atoms with Crippen LogP contribution in [0.1, 0.15) is 0 Å². The van der Waals surface area contributed by atoms with E-state index in [1.54, 1.807) is 26.6 Å². The predicted octanol–water partition coefficient (Wildman–Crippen LogP) is 2.21. The van der Waals surface area contributed by atoms with Crippen LogP contribution in [0.15, 0.2) is 40.7 Å². The summed E-state index contributed by atoms with van der Waals surface area (Å²) in [5, 5.41) is 4.73. The molecule has 2 heterocycles. The molecule has 3 rings (SSSR count). The van der Waals surface area contributed by atoms with Crippen LogP contribution < -0.4 is 14.8 Å². The number of rotatable bonds is 4. The lowest BCUT2D eigenvalue weighted by Crippen LogP contribution is -2.15. The summed E-state index contributed by atoms with van der Waals surface area (Å²) >= 11 is 1.44. The van der Waals surface area contributed by atoms with E-state index in [1.807, 2.05) is 18.2 Å². The van der Waals surface area contributed by atoms with E-state index < -0.39 is 0 Å². The fraction of sp³-hybridized carbons (Fsp3) is 0.267. The first kappa shape index (κ1) is 14.6. The summed E-state index contributed by atoms with van der Waals surface area (Å²) < 4.78 is 10.6. The van der Waals surface area contributed by atoms with Crippen molar-refractivity contribution >= 4 is 16.9 Å². The summed E-state index contributed by atoms with van der Waals surface area (Å²) in [5.74, 6) is 1.38. The molecule has 1 N–H and O–H groups in total. The number of methoxy groups -OCH3 is 2. The van der Waals surface area contributed by atoms with Crippen molar-refractivity contribution in [3.8, 4) is 22.6 Å². The zero-order chi connectivity index (χ0) is 15.4. The second-order valence-corrected chi connectivity index (χ2v) is 5.50. The van der Waals surface area contributed by atoms with E-state index in [2.05, 4.69) is 20.3 Å². The Bertz CT molecular complexity index is 688. The summed E-state index contributed by atoms with van der Waals surface area (Å²) in [7, 11) is 3.24. The number of amidine groups is 1. The molecule has 0 spiro atoms. The zero-order valence-electron chi connectivity index (χ0n) is 12.4. The number of hydrogen-bond acceptors (Lipinski definition) is 7. The quantitative estimate of drug-likeness (QED) is 0.872. The Labute approximate surface area is 133 Å². The molecule has 0 bridgehead atoms. The van der Waals surface area contributed by atoms with E-state index in [4.69, 9.17) is 9.47 Å². The molecule has 22 heavy (non-hydrogen) atoms. The highest BCUT2D eigenvalue weighted by molar-refractivity contribution is 8.13. The molecule has 0 saturated heterocycles. The third kappa shape index (κ3) is 3.14. The molecule has 0 fully saturated rings. The van der Waals surface area contributed by atoms with Gasteiger partial charge in [0.25, 0.3) is 0 Å². The smallest absolute Gasteiger partial charge is 0.195 e. The molecular formula is C15H16N4O2S. The number of aliphatic imine (C=N–C) groups is 1. The first-order chi connectivity index (χ1) is 10.8. The van der Waals surface area contributed by atoms with E-state index in [1.165, 1.54) is 11.8 Å². The molecule has 0 aliphatic carbocycles. The van der Waals surface area contributed by atoms with Gasteiger partial charge in [-0.05, 0) is 29.5 Å². The predicted molar refractivity (Wildman–Crippen MR) is 86.7 cm³/mol. The molecule has 0 unspecified atom stereocenters. The van der Waals surface area contributed by atoms with Gasteiger partial charge in [-0.15, -0.1) is 0 Å². The van der Waals surface area contributed by atoms with Crippen molar-refractivity contribution in [2.45, 2.75) is 5.16 Å². The van der Waals surface area contributed by atoms with Gasteiger partial charge in [-0.2, -0.15) is 0 Å². The summed E-state index contributed by atoms with van der Waals surface area (Å²) in [4.78, 5) is 13.1. The normalized spacial score (nSPS) is 13.5. The average Bonchev–Trinajstić information content (AvgIpc) is 3.08. The summed E-state index contributed by atoms with van der Waals surface area (Å²) in [6.07, 6.45) is 3.60. The summed E-state index contributed by atoms with van der Waals surface area (Å²) in [6.45, 7) is 1.69. The molecule has 114 valence electrons. The van der Waals surface area contributed by atoms with Crippen molar-refractivity contribution < 1.29 is 9.47 Å². The van der Waals surface area contributed by atoms with Crippen LogP contribution in [0, 0.1) is 0 Å². The highest BCUT2D eigenvalue weighted by Crippen LogP contribution is 2.32. The lowest BCUT2D eigenvalue weighted by Gasteiger charge is -2.09. The van der Waals surface area contributed by atoms with Gasteiger partial charge in [0.05, 0.1) is 20.8 Å². The van der Waals surface area contributed by atoms with Gasteiger partial charge in [-0.25, -0.2) is 9.97 Å². The number of thioether (sulfide) groups is 1. The highest BCUT2D eigenvalue weighted by atomic mass is 32.2. The van der Waals surface area contributed by atoms with Crippen LogP contribution in [0.5, 0.6) is 11.5 Å². The second kappa shape index (κ2) is 6.65. The molecule has 1 aliphatic heterocycles. The first-order valence-corrected chi connectivity index (χ1v) is 7.62. The van der Waals surface area contributed by atoms with Gasteiger partial charge in [-0.1, -0.05) is 6.07 Å². The van der Waals surface area contributed by atoms with Crippen molar-refractivity contribution in [1.82, 2.24) is 15.3 Å². The maximum atomic E-state index is 5.32. The monoisotopic (exact) mass is 316 g/mol. The average molecular weight is 316 g/mol. The third-order valence-electron chi connectivity index (χ3n) is 3.18. The number of nitrogens with zero attached hydrogens (tertiary/aromatic N) is 3. The summed E-state index contributed by atoms with van der Waals surface area (Å²) in [5.41, 5.74) is 1.90. The Morgan fingerprint density at radius 3 is 2.45 bits per heavy atom. The number of nitrogens with one attached hydrogen (secondary N) is 1. The second-order valence-electron chi connectivity index (χ2n) is 4.54. The number of benzene rings is 1. The van der Waals surface area contributed by atoms with E-state index in [9.17, 15) is 0 Å². The maximum Gasteiger partial charge on any atom is 0.195 e. The van der Waals surface area contributed by atoms with Crippen LogP contribution in [0.4, 0.5) is 0 Å². The molecular weight excluding hydrogens is 300 g/mol. The zero-order valence-corrected chi connectivity index (χ0v) is 13.2. The van der Waals surface area contributed by atoms with E-state index in [-0.39, 0.29) is 0 Å². The van der Waals surface area contributed by atoms with E-state index >= 15 is 0 Å². The van der Waals surface area contributed by atoms with Gasteiger partial charge >= 0.3 is 0 Å². The molecule has 1 aromatic heterocycles. The number of ether oxygens (including phenoxy) is 2. The van der Waals surface area contributed by atoms with Crippen molar-refractivity contribution in [2.75, 3.05) is 27.3 Å². The molecule has 0 saturated carbocycles. The fourth-order valence-electron chi connectivity index (χ4n) is 2.06. The number of hydrogen-bond donors (Lipinski definition) is 1. The lowest BCUT2D eigenvalue weighted by atomic mass is 10.1. The van der Waals surface area contributed by atoms with Crippen LogP contribution >= 0.6 is 11.8 Å². The van der Waals surface area contributed by atoms with Crippen LogP contribution in [0.2, 0.25) is 0 Å². The van der Waals surface area contributed by atoms with Crippen molar-refractivity contribution in [1.29, 1.82) is 0 Å². The van der Waals surface area contributed by atoms with Gasteiger partial charge in [0.2, 0.25) is 0 Å². The van der Waals surface area contributed by atoms with E-state index in [0.717, 1.165) is 29.4 Å². The Balaban J connectivity index is 1.80. The van der Waals surface area contributed by atoms with Crippen LogP contribution in [-0.2, 0) is 0 Å². The molecule has 0 atom stereocenters. The maximum absolute atomic E-state index is 5.32. The molecule has 0 amide bonds. The third-order valence-corrected chi connectivity index (χ3v) is 4.04. The van der Waals surface area contributed by atoms with Crippen molar-refractivity contribution in [3.05, 3.63) is 30.6 Å². The van der Waals surface area contributed by atoms with Gasteiger partial charge in [0.15, 0.2) is 21.8 Å². The van der Waals surface area contributed by atoms with Crippen LogP contribution in [0.3, 0.4) is 0 Å². The van der Waals surface area contributed by atoms with Gasteiger partial charge in [0, 0.05) is 24.5 Å². The molecule has 1 aliphatic rings. The lowest BCUT2D eigenvalue weighted by molar-refractivity contribution is 0.355. The highest BCUT2D eigenvalue weighted by Gasteiger charge is 2.10. The van der Waals surface area contributed by atoms with Crippen molar-refractivity contribution in [3.63, 3.8) is 0 Å². The van der Waals surface area contributed by atoms with Gasteiger partial charge in [0.1, 0.15) is 0 Å². The minimum absolute atomic E-state index is 0.678.